The number of nitrogens with one attached hydrogen (secondary N) is 1. The van der Waals surface area contributed by atoms with Crippen molar-refractivity contribution in [3.05, 3.63) is 48.2 Å². The summed E-state index contributed by atoms with van der Waals surface area (Å²) >= 11 is 0. The Hall–Kier alpha value is -1.28. The molecule has 0 heterocycles. The molecule has 2 heteroatoms. The Morgan fingerprint density at radius 1 is 1.43 bits per heavy atom. The van der Waals surface area contributed by atoms with E-state index in [0.717, 1.165) is 12.2 Å². The third kappa shape index (κ3) is 2.89. The quantitative estimate of drug-likeness (QED) is 0.718. The van der Waals surface area contributed by atoms with Gasteiger partial charge in [-0.1, -0.05) is 36.9 Å². The summed E-state index contributed by atoms with van der Waals surface area (Å²) in [5.41, 5.74) is 1.28. The van der Waals surface area contributed by atoms with Gasteiger partial charge in [-0.2, -0.15) is 0 Å². The van der Waals surface area contributed by atoms with E-state index < -0.39 is 0 Å². The van der Waals surface area contributed by atoms with Crippen LogP contribution in [0.2, 0.25) is 0 Å². The third-order valence-electron chi connectivity index (χ3n) is 2.28. The molecule has 1 rings (SSSR count). The minimum absolute atomic E-state index is 0.183. The van der Waals surface area contributed by atoms with Gasteiger partial charge in [-0.15, -0.1) is 0 Å². The monoisotopic (exact) mass is 191 g/mol. The summed E-state index contributed by atoms with van der Waals surface area (Å²) in [6.45, 7) is 3.86. The lowest BCUT2D eigenvalue weighted by Gasteiger charge is -2.17. The Balaban J connectivity index is 2.62. The standard InChI is InChI=1S/C12H17NO/c1-10(14-3)12(13-2)9-11-7-5-4-6-8-11/h4-8,12-13H,1,9H2,2-3H3/t12-/m0/s1. The zero-order valence-corrected chi connectivity index (χ0v) is 8.79. The summed E-state index contributed by atoms with van der Waals surface area (Å²) in [7, 11) is 3.56. The highest BCUT2D eigenvalue weighted by molar-refractivity contribution is 5.18. The predicted molar refractivity (Wildman–Crippen MR) is 59.1 cm³/mol. The van der Waals surface area contributed by atoms with Gasteiger partial charge in [0.15, 0.2) is 0 Å². The van der Waals surface area contributed by atoms with Gasteiger partial charge in [-0.25, -0.2) is 0 Å². The fourth-order valence-electron chi connectivity index (χ4n) is 1.37. The second kappa shape index (κ2) is 5.45. The van der Waals surface area contributed by atoms with Crippen molar-refractivity contribution in [1.29, 1.82) is 0 Å². The van der Waals surface area contributed by atoms with Crippen LogP contribution in [0.4, 0.5) is 0 Å². The van der Waals surface area contributed by atoms with E-state index in [4.69, 9.17) is 4.74 Å². The van der Waals surface area contributed by atoms with Crippen LogP contribution in [0, 0.1) is 0 Å². The largest absolute Gasteiger partial charge is 0.500 e. The van der Waals surface area contributed by atoms with Crippen molar-refractivity contribution in [2.24, 2.45) is 0 Å². The van der Waals surface area contributed by atoms with Gasteiger partial charge in [0.05, 0.1) is 13.2 Å². The van der Waals surface area contributed by atoms with Gasteiger partial charge in [0, 0.05) is 0 Å². The number of hydrogen-bond acceptors (Lipinski definition) is 2. The molecular weight excluding hydrogens is 174 g/mol. The Bertz CT molecular complexity index is 282. The van der Waals surface area contributed by atoms with E-state index in [-0.39, 0.29) is 6.04 Å². The van der Waals surface area contributed by atoms with Crippen LogP contribution in [0.5, 0.6) is 0 Å². The molecule has 76 valence electrons. The van der Waals surface area contributed by atoms with E-state index in [1.54, 1.807) is 7.11 Å². The Kier molecular flexibility index (Phi) is 4.20. The third-order valence-corrected chi connectivity index (χ3v) is 2.28. The second-order valence-corrected chi connectivity index (χ2v) is 3.20. The van der Waals surface area contributed by atoms with E-state index in [9.17, 15) is 0 Å². The molecule has 0 aliphatic heterocycles. The van der Waals surface area contributed by atoms with Crippen molar-refractivity contribution in [3.8, 4) is 0 Å². The molecule has 14 heavy (non-hydrogen) atoms. The molecule has 0 aliphatic rings. The zero-order valence-electron chi connectivity index (χ0n) is 8.79. The molecule has 1 atom stereocenters. The lowest BCUT2D eigenvalue weighted by Crippen LogP contribution is -2.30. The molecular formula is C12H17NO. The second-order valence-electron chi connectivity index (χ2n) is 3.20. The van der Waals surface area contributed by atoms with Crippen LogP contribution in [-0.2, 0) is 11.2 Å². The van der Waals surface area contributed by atoms with Crippen LogP contribution in [0.1, 0.15) is 5.56 Å². The summed E-state index contributed by atoms with van der Waals surface area (Å²) in [5.74, 6) is 0.774. The zero-order chi connectivity index (χ0) is 10.4. The molecule has 0 unspecified atom stereocenters. The fourth-order valence-corrected chi connectivity index (χ4v) is 1.37. The lowest BCUT2D eigenvalue weighted by atomic mass is 10.1. The molecule has 0 spiro atoms. The topological polar surface area (TPSA) is 21.3 Å². The molecule has 0 radical (unpaired) electrons. The first-order valence-electron chi connectivity index (χ1n) is 4.72. The lowest BCUT2D eigenvalue weighted by molar-refractivity contribution is 0.255. The number of methoxy groups -OCH3 is 1. The van der Waals surface area contributed by atoms with Crippen molar-refractivity contribution >= 4 is 0 Å². The van der Waals surface area contributed by atoms with Gasteiger partial charge in [0.1, 0.15) is 5.76 Å². The van der Waals surface area contributed by atoms with Gasteiger partial charge in [-0.05, 0) is 19.0 Å². The molecule has 0 amide bonds. The molecule has 0 saturated carbocycles. The van der Waals surface area contributed by atoms with E-state index in [0.29, 0.717) is 0 Å². The fraction of sp³-hybridized carbons (Fsp3) is 0.333. The summed E-state index contributed by atoms with van der Waals surface area (Å²) in [5, 5.41) is 3.18. The van der Waals surface area contributed by atoms with Crippen molar-refractivity contribution in [3.63, 3.8) is 0 Å². The molecule has 1 aromatic rings. The highest BCUT2D eigenvalue weighted by atomic mass is 16.5. The van der Waals surface area contributed by atoms with E-state index >= 15 is 0 Å². The first-order valence-corrected chi connectivity index (χ1v) is 4.72. The van der Waals surface area contributed by atoms with Crippen LogP contribution in [0.15, 0.2) is 42.7 Å². The maximum atomic E-state index is 5.12. The molecule has 0 bridgehead atoms. The number of rotatable bonds is 5. The number of likely N-dealkylation sites (N-methyl/N-ethyl adjacent to an activating group) is 1. The van der Waals surface area contributed by atoms with Crippen molar-refractivity contribution in [1.82, 2.24) is 5.32 Å². The average molecular weight is 191 g/mol. The molecule has 0 saturated heterocycles. The van der Waals surface area contributed by atoms with Crippen molar-refractivity contribution in [2.75, 3.05) is 14.2 Å². The maximum Gasteiger partial charge on any atom is 0.106 e. The maximum absolute atomic E-state index is 5.12. The molecule has 0 aromatic heterocycles. The Morgan fingerprint density at radius 2 is 2.07 bits per heavy atom. The van der Waals surface area contributed by atoms with Gasteiger partial charge >= 0.3 is 0 Å². The number of benzene rings is 1. The van der Waals surface area contributed by atoms with E-state index in [1.165, 1.54) is 5.56 Å². The average Bonchev–Trinajstić information content (AvgIpc) is 2.26. The number of ether oxygens (including phenoxy) is 1. The summed E-state index contributed by atoms with van der Waals surface area (Å²) in [6, 6.07) is 10.5. The summed E-state index contributed by atoms with van der Waals surface area (Å²) < 4.78 is 5.12. The van der Waals surface area contributed by atoms with Gasteiger partial charge in [0.25, 0.3) is 0 Å². The van der Waals surface area contributed by atoms with Gasteiger partial charge in [0.2, 0.25) is 0 Å². The van der Waals surface area contributed by atoms with Crippen LogP contribution in [-0.4, -0.2) is 20.2 Å². The summed E-state index contributed by atoms with van der Waals surface area (Å²) in [6.07, 6.45) is 0.907. The highest BCUT2D eigenvalue weighted by Gasteiger charge is 2.10. The normalized spacial score (nSPS) is 12.1. The molecule has 1 N–H and O–H groups in total. The smallest absolute Gasteiger partial charge is 0.106 e. The molecule has 0 fully saturated rings. The Morgan fingerprint density at radius 3 is 2.57 bits per heavy atom. The molecule has 0 aliphatic carbocycles. The Labute approximate surface area is 85.6 Å². The van der Waals surface area contributed by atoms with Crippen molar-refractivity contribution in [2.45, 2.75) is 12.5 Å². The molecule has 1 aromatic carbocycles. The van der Waals surface area contributed by atoms with E-state index in [2.05, 4.69) is 24.0 Å². The van der Waals surface area contributed by atoms with Crippen LogP contribution in [0.3, 0.4) is 0 Å². The highest BCUT2D eigenvalue weighted by Crippen LogP contribution is 2.08. The van der Waals surface area contributed by atoms with Crippen molar-refractivity contribution < 1.29 is 4.74 Å². The minimum Gasteiger partial charge on any atom is -0.500 e. The van der Waals surface area contributed by atoms with Crippen LogP contribution in [0.25, 0.3) is 0 Å². The molecule has 2 nitrogen and oxygen atoms in total. The minimum atomic E-state index is 0.183. The van der Waals surface area contributed by atoms with E-state index in [1.807, 2.05) is 25.2 Å². The van der Waals surface area contributed by atoms with Gasteiger partial charge < -0.3 is 10.1 Å². The van der Waals surface area contributed by atoms with Gasteiger partial charge in [-0.3, -0.25) is 0 Å². The first-order chi connectivity index (χ1) is 6.77. The van der Waals surface area contributed by atoms with Crippen LogP contribution < -0.4 is 5.32 Å². The summed E-state index contributed by atoms with van der Waals surface area (Å²) in [4.78, 5) is 0. The number of hydrogen-bond donors (Lipinski definition) is 1. The first kappa shape index (κ1) is 10.8. The predicted octanol–water partition coefficient (Wildman–Crippen LogP) is 1.98. The SMILES string of the molecule is C=C(OC)[C@H](Cc1ccccc1)NC. The van der Waals surface area contributed by atoms with Crippen LogP contribution >= 0.6 is 0 Å².